The number of hydrogen-bond donors (Lipinski definition) is 1. The molecule has 1 heterocycles. The van der Waals surface area contributed by atoms with Crippen LogP contribution >= 0.6 is 0 Å². The van der Waals surface area contributed by atoms with E-state index in [0.717, 1.165) is 5.56 Å². The number of hydrogen-bond acceptors (Lipinski definition) is 3. The van der Waals surface area contributed by atoms with E-state index < -0.39 is 0 Å². The van der Waals surface area contributed by atoms with Crippen LogP contribution in [-0.4, -0.2) is 11.2 Å². The third-order valence-electron chi connectivity index (χ3n) is 3.50. The quantitative estimate of drug-likeness (QED) is 0.742. The van der Waals surface area contributed by atoms with Gasteiger partial charge in [-0.3, -0.25) is 0 Å². The second kappa shape index (κ2) is 3.47. The van der Waals surface area contributed by atoms with E-state index in [1.54, 1.807) is 0 Å². The SMILES string of the molecule is CC1(C)OC(c2ccccc2N)OC1(C)C. The molecule has 0 atom stereocenters. The summed E-state index contributed by atoms with van der Waals surface area (Å²) in [6, 6.07) is 7.65. The summed E-state index contributed by atoms with van der Waals surface area (Å²) in [6.45, 7) is 8.14. The van der Waals surface area contributed by atoms with Crippen molar-refractivity contribution in [1.82, 2.24) is 0 Å². The van der Waals surface area contributed by atoms with Crippen LogP contribution in [0.2, 0.25) is 0 Å². The lowest BCUT2D eigenvalue weighted by atomic mass is 9.90. The van der Waals surface area contributed by atoms with Gasteiger partial charge in [0.05, 0.1) is 11.2 Å². The van der Waals surface area contributed by atoms with Crippen LogP contribution in [0.4, 0.5) is 5.69 Å². The minimum absolute atomic E-state index is 0.319. The molecule has 0 radical (unpaired) electrons. The van der Waals surface area contributed by atoms with Crippen LogP contribution in [0.5, 0.6) is 0 Å². The Bertz CT molecular complexity index is 383. The van der Waals surface area contributed by atoms with E-state index >= 15 is 0 Å². The average Bonchev–Trinajstić information content (AvgIpc) is 2.36. The van der Waals surface area contributed by atoms with E-state index in [4.69, 9.17) is 15.2 Å². The van der Waals surface area contributed by atoms with Crippen LogP contribution < -0.4 is 5.73 Å². The van der Waals surface area contributed by atoms with Crippen molar-refractivity contribution in [3.63, 3.8) is 0 Å². The summed E-state index contributed by atoms with van der Waals surface area (Å²) in [4.78, 5) is 0. The molecule has 0 amide bonds. The highest BCUT2D eigenvalue weighted by molar-refractivity contribution is 5.47. The Hall–Kier alpha value is -1.06. The van der Waals surface area contributed by atoms with Gasteiger partial charge < -0.3 is 15.2 Å². The third kappa shape index (κ3) is 1.70. The number of nitrogen functional groups attached to an aromatic ring is 1. The van der Waals surface area contributed by atoms with Crippen molar-refractivity contribution in [2.75, 3.05) is 5.73 Å². The highest BCUT2D eigenvalue weighted by Crippen LogP contribution is 2.45. The summed E-state index contributed by atoms with van der Waals surface area (Å²) < 4.78 is 11.9. The summed E-state index contributed by atoms with van der Waals surface area (Å²) in [5.74, 6) is 0. The molecule has 0 aromatic heterocycles. The predicted octanol–water partition coefficient (Wildman–Crippen LogP) is 2.87. The van der Waals surface area contributed by atoms with Crippen molar-refractivity contribution in [3.05, 3.63) is 29.8 Å². The van der Waals surface area contributed by atoms with Crippen LogP contribution in [0.15, 0.2) is 24.3 Å². The first kappa shape index (κ1) is 11.4. The molecule has 0 spiro atoms. The van der Waals surface area contributed by atoms with Crippen LogP contribution in [0.1, 0.15) is 39.5 Å². The predicted molar refractivity (Wildman–Crippen MR) is 63.9 cm³/mol. The normalized spacial score (nSPS) is 23.5. The molecule has 0 aliphatic carbocycles. The molecule has 1 fully saturated rings. The maximum atomic E-state index is 5.93. The maximum Gasteiger partial charge on any atom is 0.187 e. The fourth-order valence-electron chi connectivity index (χ4n) is 1.70. The largest absolute Gasteiger partial charge is 0.398 e. The highest BCUT2D eigenvalue weighted by Gasteiger charge is 2.49. The molecule has 88 valence electrons. The molecule has 1 aromatic carbocycles. The first-order valence-electron chi connectivity index (χ1n) is 5.53. The molecule has 0 bridgehead atoms. The number of anilines is 1. The van der Waals surface area contributed by atoms with E-state index in [-0.39, 0.29) is 17.5 Å². The summed E-state index contributed by atoms with van der Waals surface area (Å²) >= 11 is 0. The molecule has 3 nitrogen and oxygen atoms in total. The first-order valence-corrected chi connectivity index (χ1v) is 5.53. The van der Waals surface area contributed by atoms with Gasteiger partial charge in [-0.2, -0.15) is 0 Å². The zero-order valence-electron chi connectivity index (χ0n) is 10.3. The lowest BCUT2D eigenvalue weighted by Gasteiger charge is -2.30. The molecule has 2 rings (SSSR count). The Morgan fingerprint density at radius 1 is 1.00 bits per heavy atom. The van der Waals surface area contributed by atoms with E-state index in [0.29, 0.717) is 5.69 Å². The minimum atomic E-state index is -0.369. The second-order valence-electron chi connectivity index (χ2n) is 5.22. The fourth-order valence-corrected chi connectivity index (χ4v) is 1.70. The van der Waals surface area contributed by atoms with Crippen molar-refractivity contribution in [3.8, 4) is 0 Å². The highest BCUT2D eigenvalue weighted by atomic mass is 16.7. The zero-order chi connectivity index (χ0) is 12.0. The molecule has 1 saturated heterocycles. The molecule has 16 heavy (non-hydrogen) atoms. The number of benzene rings is 1. The Balaban J connectivity index is 2.31. The van der Waals surface area contributed by atoms with E-state index in [1.165, 1.54) is 0 Å². The molecule has 1 aliphatic heterocycles. The standard InChI is InChI=1S/C13H19NO2/c1-12(2)13(3,4)16-11(15-12)9-7-5-6-8-10(9)14/h5-8,11H,14H2,1-4H3. The van der Waals surface area contributed by atoms with Crippen LogP contribution in [0.3, 0.4) is 0 Å². The van der Waals surface area contributed by atoms with Gasteiger partial charge >= 0.3 is 0 Å². The molecule has 0 saturated carbocycles. The van der Waals surface area contributed by atoms with Crippen LogP contribution in [0.25, 0.3) is 0 Å². The Morgan fingerprint density at radius 2 is 1.50 bits per heavy atom. The smallest absolute Gasteiger partial charge is 0.187 e. The maximum absolute atomic E-state index is 5.93. The molecule has 3 heteroatoms. The van der Waals surface area contributed by atoms with Gasteiger partial charge in [-0.25, -0.2) is 0 Å². The van der Waals surface area contributed by atoms with Gasteiger partial charge in [-0.05, 0) is 33.8 Å². The molecule has 2 N–H and O–H groups in total. The summed E-state index contributed by atoms with van der Waals surface area (Å²) in [6.07, 6.45) is -0.369. The van der Waals surface area contributed by atoms with Gasteiger partial charge in [0, 0.05) is 11.3 Å². The number of ether oxygens (including phenoxy) is 2. The van der Waals surface area contributed by atoms with E-state index in [1.807, 2.05) is 52.0 Å². The van der Waals surface area contributed by atoms with Crippen molar-refractivity contribution in [1.29, 1.82) is 0 Å². The van der Waals surface area contributed by atoms with Crippen LogP contribution in [-0.2, 0) is 9.47 Å². The topological polar surface area (TPSA) is 44.5 Å². The minimum Gasteiger partial charge on any atom is -0.398 e. The van der Waals surface area contributed by atoms with E-state index in [9.17, 15) is 0 Å². The molecular formula is C13H19NO2. The molecule has 1 aromatic rings. The first-order chi connectivity index (χ1) is 7.33. The van der Waals surface area contributed by atoms with Crippen molar-refractivity contribution in [2.45, 2.75) is 45.2 Å². The van der Waals surface area contributed by atoms with Crippen LogP contribution in [0, 0.1) is 0 Å². The van der Waals surface area contributed by atoms with Crippen molar-refractivity contribution in [2.24, 2.45) is 0 Å². The summed E-state index contributed by atoms with van der Waals surface area (Å²) in [5, 5.41) is 0. The lowest BCUT2D eigenvalue weighted by Crippen LogP contribution is -2.41. The summed E-state index contributed by atoms with van der Waals surface area (Å²) in [5.41, 5.74) is 6.89. The third-order valence-corrected chi connectivity index (χ3v) is 3.50. The van der Waals surface area contributed by atoms with Gasteiger partial charge in [0.2, 0.25) is 0 Å². The average molecular weight is 221 g/mol. The van der Waals surface area contributed by atoms with Gasteiger partial charge in [0.25, 0.3) is 0 Å². The Kier molecular flexibility index (Phi) is 2.48. The number of rotatable bonds is 1. The fraction of sp³-hybridized carbons (Fsp3) is 0.538. The van der Waals surface area contributed by atoms with Gasteiger partial charge in [0.15, 0.2) is 6.29 Å². The molecule has 1 aliphatic rings. The van der Waals surface area contributed by atoms with Crippen molar-refractivity contribution < 1.29 is 9.47 Å². The summed E-state index contributed by atoms with van der Waals surface area (Å²) in [7, 11) is 0. The number of para-hydroxylation sites is 1. The number of nitrogens with two attached hydrogens (primary N) is 1. The molecule has 0 unspecified atom stereocenters. The molecular weight excluding hydrogens is 202 g/mol. The Morgan fingerprint density at radius 3 is 2.00 bits per heavy atom. The lowest BCUT2D eigenvalue weighted by molar-refractivity contribution is -0.0890. The van der Waals surface area contributed by atoms with E-state index in [2.05, 4.69) is 0 Å². The zero-order valence-corrected chi connectivity index (χ0v) is 10.3. The van der Waals surface area contributed by atoms with Gasteiger partial charge in [-0.1, -0.05) is 18.2 Å². The van der Waals surface area contributed by atoms with Gasteiger partial charge in [-0.15, -0.1) is 0 Å². The second-order valence-corrected chi connectivity index (χ2v) is 5.22. The monoisotopic (exact) mass is 221 g/mol. The Labute approximate surface area is 96.5 Å². The van der Waals surface area contributed by atoms with Gasteiger partial charge in [0.1, 0.15) is 0 Å². The van der Waals surface area contributed by atoms with Crippen molar-refractivity contribution >= 4 is 5.69 Å².